The van der Waals surface area contributed by atoms with Crippen LogP contribution < -0.4 is 10.5 Å². The normalized spacial score (nSPS) is 20.9. The average Bonchev–Trinajstić information content (AvgIpc) is 2.96. The lowest BCUT2D eigenvalue weighted by Crippen LogP contribution is -2.30. The Hall–Kier alpha value is -0.890. The van der Waals surface area contributed by atoms with Gasteiger partial charge in [0.15, 0.2) is 0 Å². The van der Waals surface area contributed by atoms with Gasteiger partial charge in [0.2, 0.25) is 5.09 Å². The van der Waals surface area contributed by atoms with Gasteiger partial charge in [-0.1, -0.05) is 0 Å². The van der Waals surface area contributed by atoms with Gasteiger partial charge < -0.3 is 14.6 Å². The van der Waals surface area contributed by atoms with Crippen molar-refractivity contribution in [1.82, 2.24) is 10.2 Å². The molecule has 1 aliphatic heterocycles. The van der Waals surface area contributed by atoms with Crippen LogP contribution in [0, 0.1) is 5.92 Å². The van der Waals surface area contributed by atoms with Crippen molar-refractivity contribution in [3.63, 3.8) is 0 Å². The summed E-state index contributed by atoms with van der Waals surface area (Å²) in [5.41, 5.74) is 0. The van der Waals surface area contributed by atoms with E-state index < -0.39 is 10.0 Å². The van der Waals surface area contributed by atoms with E-state index in [1.165, 1.54) is 12.5 Å². The van der Waals surface area contributed by atoms with Gasteiger partial charge in [0.05, 0.1) is 6.54 Å². The number of nitrogens with two attached hydrogens (primary N) is 1. The number of rotatable bonds is 6. The van der Waals surface area contributed by atoms with E-state index in [0.29, 0.717) is 24.3 Å². The van der Waals surface area contributed by atoms with Crippen LogP contribution in [0.2, 0.25) is 0 Å². The second kappa shape index (κ2) is 6.26. The van der Waals surface area contributed by atoms with Crippen molar-refractivity contribution in [2.24, 2.45) is 11.1 Å². The minimum atomic E-state index is -3.74. The van der Waals surface area contributed by atoms with Crippen LogP contribution in [0.25, 0.3) is 0 Å². The Bertz CT molecular complexity index is 539. The van der Waals surface area contributed by atoms with Crippen LogP contribution in [0.15, 0.2) is 21.6 Å². The summed E-state index contributed by atoms with van der Waals surface area (Å²) >= 11 is 0. The molecule has 114 valence electrons. The van der Waals surface area contributed by atoms with Gasteiger partial charge in [-0.05, 0) is 51.4 Å². The molecule has 0 amide bonds. The summed E-state index contributed by atoms with van der Waals surface area (Å²) in [6.45, 7) is 8.13. The molecule has 1 aromatic heterocycles. The van der Waals surface area contributed by atoms with E-state index in [9.17, 15) is 8.42 Å². The first kappa shape index (κ1) is 15.5. The number of hydrogen-bond donors (Lipinski definition) is 2. The predicted molar refractivity (Wildman–Crippen MR) is 76.6 cm³/mol. The highest BCUT2D eigenvalue weighted by molar-refractivity contribution is 7.89. The topological polar surface area (TPSA) is 88.6 Å². The van der Waals surface area contributed by atoms with Crippen molar-refractivity contribution < 1.29 is 12.8 Å². The van der Waals surface area contributed by atoms with Gasteiger partial charge in [0, 0.05) is 12.6 Å². The maximum Gasteiger partial charge on any atom is 0.271 e. The van der Waals surface area contributed by atoms with Gasteiger partial charge in [-0.15, -0.1) is 0 Å². The number of sulfonamides is 1. The van der Waals surface area contributed by atoms with Crippen LogP contribution in [-0.2, 0) is 16.6 Å². The minimum absolute atomic E-state index is 0.179. The quantitative estimate of drug-likeness (QED) is 0.809. The van der Waals surface area contributed by atoms with Crippen LogP contribution >= 0.6 is 0 Å². The van der Waals surface area contributed by atoms with Gasteiger partial charge in [-0.3, -0.25) is 0 Å². The molecule has 0 aliphatic carbocycles. The number of nitrogens with zero attached hydrogens (tertiary/aromatic N) is 1. The first-order chi connectivity index (χ1) is 9.36. The third kappa shape index (κ3) is 4.05. The highest BCUT2D eigenvalue weighted by atomic mass is 32.2. The number of likely N-dealkylation sites (tertiary alicyclic amines) is 1. The minimum Gasteiger partial charge on any atom is -0.447 e. The van der Waals surface area contributed by atoms with E-state index in [1.807, 2.05) is 0 Å². The van der Waals surface area contributed by atoms with Crippen molar-refractivity contribution in [1.29, 1.82) is 0 Å². The molecule has 1 unspecified atom stereocenters. The number of hydrogen-bond acceptors (Lipinski definition) is 5. The lowest BCUT2D eigenvalue weighted by molar-refractivity contribution is 0.263. The molecular formula is C13H23N3O3S. The van der Waals surface area contributed by atoms with Crippen molar-refractivity contribution in [2.45, 2.75) is 37.9 Å². The number of nitrogens with one attached hydrogen (secondary N) is 1. The van der Waals surface area contributed by atoms with Crippen LogP contribution in [0.5, 0.6) is 0 Å². The summed E-state index contributed by atoms with van der Waals surface area (Å²) in [6.07, 6.45) is 1.20. The monoisotopic (exact) mass is 301 g/mol. The summed E-state index contributed by atoms with van der Waals surface area (Å²) in [5.74, 6) is 1.23. The largest absolute Gasteiger partial charge is 0.447 e. The predicted octanol–water partition coefficient (Wildman–Crippen LogP) is 0.747. The molecule has 0 aromatic carbocycles. The Morgan fingerprint density at radius 3 is 2.80 bits per heavy atom. The molecule has 1 saturated heterocycles. The van der Waals surface area contributed by atoms with E-state index in [0.717, 1.165) is 19.6 Å². The van der Waals surface area contributed by atoms with Crippen molar-refractivity contribution in [3.05, 3.63) is 17.9 Å². The van der Waals surface area contributed by atoms with Crippen LogP contribution in [0.3, 0.4) is 0 Å². The molecule has 3 N–H and O–H groups in total. The standard InChI is InChI=1S/C13H23N3O3S/c1-10(2)16-6-5-11(9-16)7-15-8-12-3-4-13(19-12)20(14,17)18/h3-4,10-11,15H,5-9H2,1-2H3,(H2,14,17,18). The highest BCUT2D eigenvalue weighted by Crippen LogP contribution is 2.18. The Kier molecular flexibility index (Phi) is 4.85. The Labute approximate surface area is 120 Å². The fourth-order valence-electron chi connectivity index (χ4n) is 2.50. The molecule has 0 bridgehead atoms. The molecule has 1 atom stereocenters. The Balaban J connectivity index is 1.75. The molecule has 2 heterocycles. The SMILES string of the molecule is CC(C)N1CCC(CNCc2ccc(S(N)(=O)=O)o2)C1. The summed E-state index contributed by atoms with van der Waals surface area (Å²) in [7, 11) is -3.74. The smallest absolute Gasteiger partial charge is 0.271 e. The average molecular weight is 301 g/mol. The van der Waals surface area contributed by atoms with Crippen molar-refractivity contribution >= 4 is 10.0 Å². The zero-order valence-corrected chi connectivity index (χ0v) is 12.8. The zero-order valence-electron chi connectivity index (χ0n) is 12.0. The summed E-state index contributed by atoms with van der Waals surface area (Å²) in [5, 5.41) is 8.13. The third-order valence-electron chi connectivity index (χ3n) is 3.70. The summed E-state index contributed by atoms with van der Waals surface area (Å²) in [4.78, 5) is 2.47. The maximum absolute atomic E-state index is 11.1. The van der Waals surface area contributed by atoms with E-state index in [4.69, 9.17) is 9.56 Å². The molecule has 0 saturated carbocycles. The van der Waals surface area contributed by atoms with Gasteiger partial charge in [0.1, 0.15) is 5.76 Å². The first-order valence-electron chi connectivity index (χ1n) is 6.92. The molecule has 0 spiro atoms. The Morgan fingerprint density at radius 1 is 1.50 bits per heavy atom. The molecule has 6 nitrogen and oxygen atoms in total. The molecule has 1 fully saturated rings. The first-order valence-corrected chi connectivity index (χ1v) is 8.47. The van der Waals surface area contributed by atoms with Gasteiger partial charge in [0.25, 0.3) is 10.0 Å². The molecule has 7 heteroatoms. The molecule has 1 aliphatic rings. The lowest BCUT2D eigenvalue weighted by atomic mass is 10.1. The van der Waals surface area contributed by atoms with Gasteiger partial charge in [-0.25, -0.2) is 13.6 Å². The lowest BCUT2D eigenvalue weighted by Gasteiger charge is -2.20. The second-order valence-corrected chi connectivity index (χ2v) is 7.13. The van der Waals surface area contributed by atoms with E-state index in [1.54, 1.807) is 6.07 Å². The van der Waals surface area contributed by atoms with Crippen LogP contribution in [0.4, 0.5) is 0 Å². The summed E-state index contributed by atoms with van der Waals surface area (Å²) < 4.78 is 27.4. The molecule has 1 aromatic rings. The highest BCUT2D eigenvalue weighted by Gasteiger charge is 2.23. The molecule has 0 radical (unpaired) electrons. The van der Waals surface area contributed by atoms with Crippen molar-refractivity contribution in [2.75, 3.05) is 19.6 Å². The zero-order chi connectivity index (χ0) is 14.8. The fraction of sp³-hybridized carbons (Fsp3) is 0.692. The molecule has 2 rings (SSSR count). The summed E-state index contributed by atoms with van der Waals surface area (Å²) in [6, 6.07) is 3.63. The maximum atomic E-state index is 11.1. The third-order valence-corrected chi connectivity index (χ3v) is 4.48. The van der Waals surface area contributed by atoms with E-state index >= 15 is 0 Å². The van der Waals surface area contributed by atoms with E-state index in [-0.39, 0.29) is 5.09 Å². The number of furan rings is 1. The van der Waals surface area contributed by atoms with Crippen LogP contribution in [-0.4, -0.2) is 39.0 Å². The van der Waals surface area contributed by atoms with E-state index in [2.05, 4.69) is 24.1 Å². The molecule has 20 heavy (non-hydrogen) atoms. The fourth-order valence-corrected chi connectivity index (χ4v) is 2.98. The number of primary sulfonamides is 1. The van der Waals surface area contributed by atoms with Gasteiger partial charge >= 0.3 is 0 Å². The van der Waals surface area contributed by atoms with Crippen LogP contribution in [0.1, 0.15) is 26.0 Å². The Morgan fingerprint density at radius 2 is 2.25 bits per heavy atom. The molecular weight excluding hydrogens is 278 g/mol. The van der Waals surface area contributed by atoms with Crippen molar-refractivity contribution in [3.8, 4) is 0 Å². The second-order valence-electron chi connectivity index (χ2n) is 5.64. The van der Waals surface area contributed by atoms with Gasteiger partial charge in [-0.2, -0.15) is 0 Å².